The van der Waals surface area contributed by atoms with Crippen molar-refractivity contribution >= 4 is 11.6 Å². The van der Waals surface area contributed by atoms with Gasteiger partial charge in [-0.25, -0.2) is 0 Å². The molecule has 0 N–H and O–H groups in total. The molecule has 142 valence electrons. The predicted molar refractivity (Wildman–Crippen MR) is 108 cm³/mol. The first-order valence-corrected chi connectivity index (χ1v) is 9.43. The summed E-state index contributed by atoms with van der Waals surface area (Å²) < 4.78 is 5.41. The van der Waals surface area contributed by atoms with E-state index in [1.165, 1.54) is 0 Å². The minimum atomic E-state index is -0.0701. The van der Waals surface area contributed by atoms with Crippen molar-refractivity contribution in [2.45, 2.75) is 12.8 Å². The van der Waals surface area contributed by atoms with E-state index in [0.717, 1.165) is 42.2 Å². The quantitative estimate of drug-likeness (QED) is 0.635. The van der Waals surface area contributed by atoms with Gasteiger partial charge >= 0.3 is 0 Å². The van der Waals surface area contributed by atoms with Gasteiger partial charge in [0.1, 0.15) is 11.4 Å². The summed E-state index contributed by atoms with van der Waals surface area (Å²) in [5, 5.41) is 8.81. The van der Waals surface area contributed by atoms with Gasteiger partial charge in [0.2, 0.25) is 0 Å². The highest BCUT2D eigenvalue weighted by Crippen LogP contribution is 2.29. The van der Waals surface area contributed by atoms with Crippen LogP contribution in [0.1, 0.15) is 23.3 Å². The molecule has 1 saturated heterocycles. The number of aromatic nitrogens is 3. The molecule has 0 spiro atoms. The number of nitrogens with zero attached hydrogens (tertiary/aromatic N) is 4. The zero-order valence-corrected chi connectivity index (χ0v) is 15.8. The third-order valence-corrected chi connectivity index (χ3v) is 5.07. The molecule has 4 rings (SSSR count). The monoisotopic (exact) mass is 374 g/mol. The van der Waals surface area contributed by atoms with Crippen LogP contribution in [-0.2, 0) is 0 Å². The van der Waals surface area contributed by atoms with Crippen LogP contribution >= 0.6 is 0 Å². The molecular weight excluding hydrogens is 352 g/mol. The lowest BCUT2D eigenvalue weighted by atomic mass is 9.92. The highest BCUT2D eigenvalue weighted by Gasteiger charge is 2.28. The number of Topliss-reactive ketones (excluding diaryl/α,β-unsaturated/α-hetero) is 1. The van der Waals surface area contributed by atoms with E-state index in [9.17, 15) is 4.79 Å². The number of piperidine rings is 1. The molecule has 1 aliphatic heterocycles. The molecule has 1 aliphatic rings. The maximum Gasteiger partial charge on any atom is 0.185 e. The standard InChI is InChI=1S/C22H22N4O2/c1-28-20-10-3-2-8-17(20)18-11-12-21(25-24-18)26-14-6-7-16(15-26)22(27)19-9-4-5-13-23-19/h2-5,8-13,16H,6-7,14-15H2,1H3. The smallest absolute Gasteiger partial charge is 0.185 e. The Bertz CT molecular complexity index is 944. The number of benzene rings is 1. The molecule has 3 heterocycles. The van der Waals surface area contributed by atoms with Crippen LogP contribution in [0.3, 0.4) is 0 Å². The summed E-state index contributed by atoms with van der Waals surface area (Å²) in [5.41, 5.74) is 2.21. The number of ketones is 1. The Balaban J connectivity index is 1.50. The van der Waals surface area contributed by atoms with Crippen molar-refractivity contribution in [3.05, 3.63) is 66.5 Å². The number of anilines is 1. The molecule has 2 aromatic heterocycles. The Hall–Kier alpha value is -3.28. The predicted octanol–water partition coefficient (Wildman–Crippen LogP) is 3.65. The molecule has 28 heavy (non-hydrogen) atoms. The van der Waals surface area contributed by atoms with Gasteiger partial charge in [0.15, 0.2) is 11.6 Å². The fourth-order valence-electron chi connectivity index (χ4n) is 3.61. The summed E-state index contributed by atoms with van der Waals surface area (Å²) in [6.45, 7) is 1.51. The van der Waals surface area contributed by atoms with E-state index >= 15 is 0 Å². The Morgan fingerprint density at radius 3 is 2.68 bits per heavy atom. The third kappa shape index (κ3) is 3.71. The van der Waals surface area contributed by atoms with Crippen LogP contribution in [0.2, 0.25) is 0 Å². The van der Waals surface area contributed by atoms with Crippen molar-refractivity contribution in [3.8, 4) is 17.0 Å². The van der Waals surface area contributed by atoms with Crippen molar-refractivity contribution < 1.29 is 9.53 Å². The van der Waals surface area contributed by atoms with E-state index < -0.39 is 0 Å². The normalized spacial score (nSPS) is 16.6. The van der Waals surface area contributed by atoms with Gasteiger partial charge in [-0.2, -0.15) is 0 Å². The number of pyridine rings is 1. The molecule has 1 fully saturated rings. The van der Waals surface area contributed by atoms with Crippen LogP contribution in [0.15, 0.2) is 60.8 Å². The Morgan fingerprint density at radius 2 is 1.93 bits per heavy atom. The van der Waals surface area contributed by atoms with E-state index in [1.807, 2.05) is 48.5 Å². The van der Waals surface area contributed by atoms with Gasteiger partial charge in [0.25, 0.3) is 0 Å². The molecule has 6 heteroatoms. The Labute approximate surface area is 164 Å². The summed E-state index contributed by atoms with van der Waals surface area (Å²) in [5.74, 6) is 1.59. The maximum atomic E-state index is 12.7. The Morgan fingerprint density at radius 1 is 1.07 bits per heavy atom. The highest BCUT2D eigenvalue weighted by molar-refractivity contribution is 5.96. The van der Waals surface area contributed by atoms with E-state index in [4.69, 9.17) is 4.74 Å². The molecule has 1 unspecified atom stereocenters. The third-order valence-electron chi connectivity index (χ3n) is 5.07. The molecule has 0 radical (unpaired) electrons. The van der Waals surface area contributed by atoms with Gasteiger partial charge in [-0.05, 0) is 49.2 Å². The van der Waals surface area contributed by atoms with Gasteiger partial charge in [0, 0.05) is 30.8 Å². The minimum absolute atomic E-state index is 0.0701. The van der Waals surface area contributed by atoms with Crippen LogP contribution in [0, 0.1) is 5.92 Å². The van der Waals surface area contributed by atoms with E-state index in [1.54, 1.807) is 19.4 Å². The molecule has 0 aliphatic carbocycles. The molecule has 0 bridgehead atoms. The summed E-state index contributed by atoms with van der Waals surface area (Å²) in [6.07, 6.45) is 3.48. The maximum absolute atomic E-state index is 12.7. The van der Waals surface area contributed by atoms with Crippen LogP contribution in [0.5, 0.6) is 5.75 Å². The first-order valence-electron chi connectivity index (χ1n) is 9.43. The van der Waals surface area contributed by atoms with E-state index in [-0.39, 0.29) is 11.7 Å². The number of hydrogen-bond donors (Lipinski definition) is 0. The van der Waals surface area contributed by atoms with Gasteiger partial charge in [-0.15, -0.1) is 10.2 Å². The van der Waals surface area contributed by atoms with Crippen LogP contribution < -0.4 is 9.64 Å². The van der Waals surface area contributed by atoms with Crippen LogP contribution in [0.25, 0.3) is 11.3 Å². The molecule has 6 nitrogen and oxygen atoms in total. The number of ether oxygens (including phenoxy) is 1. The lowest BCUT2D eigenvalue weighted by Crippen LogP contribution is -2.39. The fraction of sp³-hybridized carbons (Fsp3) is 0.273. The number of para-hydroxylation sites is 1. The largest absolute Gasteiger partial charge is 0.496 e. The number of carbonyl (C=O) groups excluding carboxylic acids is 1. The minimum Gasteiger partial charge on any atom is -0.496 e. The topological polar surface area (TPSA) is 68.2 Å². The molecule has 3 aromatic rings. The van der Waals surface area contributed by atoms with E-state index in [2.05, 4.69) is 20.1 Å². The summed E-state index contributed by atoms with van der Waals surface area (Å²) in [4.78, 5) is 19.1. The van der Waals surface area contributed by atoms with Gasteiger partial charge in [0.05, 0.1) is 12.8 Å². The first-order chi connectivity index (χ1) is 13.8. The second-order valence-electron chi connectivity index (χ2n) is 6.84. The number of methoxy groups -OCH3 is 1. The SMILES string of the molecule is COc1ccccc1-c1ccc(N2CCCC(C(=O)c3ccccn3)C2)nn1. The summed E-state index contributed by atoms with van der Waals surface area (Å²) in [7, 11) is 1.65. The van der Waals surface area contributed by atoms with Crippen molar-refractivity contribution in [1.82, 2.24) is 15.2 Å². The lowest BCUT2D eigenvalue weighted by molar-refractivity contribution is 0.0902. The number of rotatable bonds is 5. The van der Waals surface area contributed by atoms with Gasteiger partial charge < -0.3 is 9.64 Å². The average molecular weight is 374 g/mol. The molecule has 0 saturated carbocycles. The van der Waals surface area contributed by atoms with Crippen molar-refractivity contribution in [1.29, 1.82) is 0 Å². The first kappa shape index (κ1) is 18.1. The highest BCUT2D eigenvalue weighted by atomic mass is 16.5. The number of carbonyl (C=O) groups is 1. The average Bonchev–Trinajstić information content (AvgIpc) is 2.79. The van der Waals surface area contributed by atoms with Crippen LogP contribution in [0.4, 0.5) is 5.82 Å². The second-order valence-corrected chi connectivity index (χ2v) is 6.84. The second kappa shape index (κ2) is 8.17. The molecular formula is C22H22N4O2. The molecule has 1 aromatic carbocycles. The molecule has 1 atom stereocenters. The van der Waals surface area contributed by atoms with Crippen molar-refractivity contribution in [2.75, 3.05) is 25.1 Å². The van der Waals surface area contributed by atoms with Crippen molar-refractivity contribution in [2.24, 2.45) is 5.92 Å². The van der Waals surface area contributed by atoms with Gasteiger partial charge in [-0.1, -0.05) is 18.2 Å². The Kier molecular flexibility index (Phi) is 5.28. The number of hydrogen-bond acceptors (Lipinski definition) is 6. The lowest BCUT2D eigenvalue weighted by Gasteiger charge is -2.32. The fourth-order valence-corrected chi connectivity index (χ4v) is 3.61. The van der Waals surface area contributed by atoms with Gasteiger partial charge in [-0.3, -0.25) is 9.78 Å². The van der Waals surface area contributed by atoms with Crippen molar-refractivity contribution in [3.63, 3.8) is 0 Å². The van der Waals surface area contributed by atoms with Crippen LogP contribution in [-0.4, -0.2) is 41.2 Å². The molecule has 0 amide bonds. The zero-order chi connectivity index (χ0) is 19.3. The zero-order valence-electron chi connectivity index (χ0n) is 15.8. The summed E-state index contributed by atoms with van der Waals surface area (Å²) in [6, 6.07) is 17.1. The summed E-state index contributed by atoms with van der Waals surface area (Å²) >= 11 is 0. The van der Waals surface area contributed by atoms with E-state index in [0.29, 0.717) is 12.2 Å².